The lowest BCUT2D eigenvalue weighted by molar-refractivity contribution is -0.111. The van der Waals surface area contributed by atoms with Crippen LogP contribution in [0.3, 0.4) is 0 Å². The van der Waals surface area contributed by atoms with Crippen LogP contribution in [-0.2, 0) is 11.2 Å². The van der Waals surface area contributed by atoms with Gasteiger partial charge in [0.15, 0.2) is 0 Å². The number of fused-ring (bicyclic) bond motifs is 1. The van der Waals surface area contributed by atoms with Gasteiger partial charge < -0.3 is 14.8 Å². The molecule has 3 aromatic rings. The summed E-state index contributed by atoms with van der Waals surface area (Å²) in [5.41, 5.74) is 5.49. The molecule has 0 fully saturated rings. The lowest BCUT2D eigenvalue weighted by Crippen LogP contribution is -2.15. The van der Waals surface area contributed by atoms with Crippen LogP contribution in [0.5, 0.6) is 11.5 Å². The highest BCUT2D eigenvalue weighted by molar-refractivity contribution is 6.31. The van der Waals surface area contributed by atoms with Crippen molar-refractivity contribution < 1.29 is 14.3 Å². The van der Waals surface area contributed by atoms with Crippen molar-refractivity contribution >= 4 is 35.0 Å². The lowest BCUT2D eigenvalue weighted by atomic mass is 9.93. The molecule has 6 heteroatoms. The van der Waals surface area contributed by atoms with Gasteiger partial charge in [-0.15, -0.1) is 0 Å². The molecular weight excluding hydrogens is 424 g/mol. The zero-order valence-corrected chi connectivity index (χ0v) is 18.6. The summed E-state index contributed by atoms with van der Waals surface area (Å²) in [5, 5.41) is 3.55. The number of methoxy groups -OCH3 is 2. The minimum atomic E-state index is -0.258. The van der Waals surface area contributed by atoms with Gasteiger partial charge in [0.05, 0.1) is 25.6 Å². The molecular formula is C26H23ClN2O3. The van der Waals surface area contributed by atoms with E-state index in [1.807, 2.05) is 60.7 Å². The number of anilines is 1. The number of nitrogens with zero attached hydrogens (tertiary/aromatic N) is 1. The first-order valence-corrected chi connectivity index (χ1v) is 10.6. The van der Waals surface area contributed by atoms with E-state index in [-0.39, 0.29) is 5.91 Å². The Labute approximate surface area is 192 Å². The molecule has 0 atom stereocenters. The first kappa shape index (κ1) is 21.7. The standard InChI is InChI=1S/C26H23ClN2O3/c1-31-21-5-3-4-17(14-21)6-11-25(30)29-23-10-8-19(15-24(23)32-2)26-22-16-20(27)9-7-18(22)12-13-28-26/h3-11,14-16H,12-13H2,1-2H3,(H,29,30)/b11-6+. The maximum atomic E-state index is 12.5. The Kier molecular flexibility index (Phi) is 6.57. The highest BCUT2D eigenvalue weighted by atomic mass is 35.5. The number of carbonyl (C=O) groups excluding carboxylic acids is 1. The molecule has 0 saturated carbocycles. The minimum Gasteiger partial charge on any atom is -0.497 e. The van der Waals surface area contributed by atoms with Crippen molar-refractivity contribution in [1.29, 1.82) is 0 Å². The zero-order chi connectivity index (χ0) is 22.5. The molecule has 0 unspecified atom stereocenters. The van der Waals surface area contributed by atoms with Crippen LogP contribution in [-0.4, -0.2) is 32.4 Å². The van der Waals surface area contributed by atoms with E-state index in [0.29, 0.717) is 16.5 Å². The second kappa shape index (κ2) is 9.71. The van der Waals surface area contributed by atoms with Crippen LogP contribution in [0.15, 0.2) is 71.7 Å². The number of rotatable bonds is 6. The molecule has 0 aromatic heterocycles. The number of ether oxygens (including phenoxy) is 2. The Morgan fingerprint density at radius 1 is 1.06 bits per heavy atom. The summed E-state index contributed by atoms with van der Waals surface area (Å²) in [6.45, 7) is 0.722. The minimum absolute atomic E-state index is 0.258. The zero-order valence-electron chi connectivity index (χ0n) is 17.9. The number of amides is 1. The molecule has 5 nitrogen and oxygen atoms in total. The van der Waals surface area contributed by atoms with E-state index in [1.165, 1.54) is 11.6 Å². The third-order valence-electron chi connectivity index (χ3n) is 5.23. The summed E-state index contributed by atoms with van der Waals surface area (Å²) in [4.78, 5) is 17.2. The van der Waals surface area contributed by atoms with Crippen molar-refractivity contribution in [3.05, 3.63) is 94.0 Å². The molecule has 0 saturated heterocycles. The van der Waals surface area contributed by atoms with Gasteiger partial charge in [0.2, 0.25) is 5.91 Å². The number of halogens is 1. The fraction of sp³-hybridized carbons (Fsp3) is 0.154. The largest absolute Gasteiger partial charge is 0.497 e. The second-order valence-corrected chi connectivity index (χ2v) is 7.73. The first-order chi connectivity index (χ1) is 15.6. The molecule has 0 spiro atoms. The number of benzene rings is 3. The maximum Gasteiger partial charge on any atom is 0.248 e. The summed E-state index contributed by atoms with van der Waals surface area (Å²) in [7, 11) is 3.19. The predicted octanol–water partition coefficient (Wildman–Crippen LogP) is 5.40. The normalized spacial score (nSPS) is 12.8. The average molecular weight is 447 g/mol. The summed E-state index contributed by atoms with van der Waals surface area (Å²) in [6.07, 6.45) is 4.10. The third-order valence-corrected chi connectivity index (χ3v) is 5.47. The van der Waals surface area contributed by atoms with E-state index >= 15 is 0 Å². The third kappa shape index (κ3) is 4.84. The van der Waals surface area contributed by atoms with Gasteiger partial charge in [0.1, 0.15) is 11.5 Å². The fourth-order valence-corrected chi connectivity index (χ4v) is 3.81. The Morgan fingerprint density at radius 2 is 1.94 bits per heavy atom. The lowest BCUT2D eigenvalue weighted by Gasteiger charge is -2.19. The Morgan fingerprint density at radius 3 is 2.75 bits per heavy atom. The van der Waals surface area contributed by atoms with Gasteiger partial charge in [-0.3, -0.25) is 9.79 Å². The number of aliphatic imine (C=N–C) groups is 1. The molecule has 0 bridgehead atoms. The molecule has 4 rings (SSSR count). The van der Waals surface area contributed by atoms with Crippen molar-refractivity contribution in [3.63, 3.8) is 0 Å². The van der Waals surface area contributed by atoms with Crippen LogP contribution in [0.1, 0.15) is 22.3 Å². The Hall–Kier alpha value is -3.57. The first-order valence-electron chi connectivity index (χ1n) is 10.2. The molecule has 3 aromatic carbocycles. The van der Waals surface area contributed by atoms with Crippen LogP contribution in [0.25, 0.3) is 6.08 Å². The summed E-state index contributed by atoms with van der Waals surface area (Å²) < 4.78 is 10.8. The van der Waals surface area contributed by atoms with Crippen molar-refractivity contribution in [1.82, 2.24) is 0 Å². The van der Waals surface area contributed by atoms with Gasteiger partial charge in [-0.2, -0.15) is 0 Å². The molecule has 1 aliphatic heterocycles. The van der Waals surface area contributed by atoms with Crippen molar-refractivity contribution in [3.8, 4) is 11.5 Å². The number of hydrogen-bond acceptors (Lipinski definition) is 4. The Balaban J connectivity index is 1.54. The number of hydrogen-bond donors (Lipinski definition) is 1. The SMILES string of the molecule is COc1cccc(/C=C/C(=O)Nc2ccc(C3=NCCc4ccc(Cl)cc43)cc2OC)c1. The summed E-state index contributed by atoms with van der Waals surface area (Å²) >= 11 is 6.22. The van der Waals surface area contributed by atoms with Gasteiger partial charge in [0, 0.05) is 28.8 Å². The summed E-state index contributed by atoms with van der Waals surface area (Å²) in [6, 6.07) is 19.0. The van der Waals surface area contributed by atoms with E-state index in [0.717, 1.165) is 41.1 Å². The Bertz CT molecular complexity index is 1220. The molecule has 162 valence electrons. The van der Waals surface area contributed by atoms with Gasteiger partial charge in [-0.05, 0) is 60.0 Å². The van der Waals surface area contributed by atoms with Crippen LogP contribution in [0, 0.1) is 0 Å². The number of carbonyl (C=O) groups is 1. The quantitative estimate of drug-likeness (QED) is 0.515. The highest BCUT2D eigenvalue weighted by Gasteiger charge is 2.18. The topological polar surface area (TPSA) is 59.9 Å². The van der Waals surface area contributed by atoms with Gasteiger partial charge in [-0.1, -0.05) is 35.9 Å². The van der Waals surface area contributed by atoms with Gasteiger partial charge >= 0.3 is 0 Å². The molecule has 1 heterocycles. The highest BCUT2D eigenvalue weighted by Crippen LogP contribution is 2.30. The van der Waals surface area contributed by atoms with Crippen molar-refractivity contribution in [2.45, 2.75) is 6.42 Å². The molecule has 32 heavy (non-hydrogen) atoms. The van der Waals surface area contributed by atoms with Crippen LogP contribution in [0.2, 0.25) is 5.02 Å². The van der Waals surface area contributed by atoms with Gasteiger partial charge in [0.25, 0.3) is 0 Å². The smallest absolute Gasteiger partial charge is 0.248 e. The fourth-order valence-electron chi connectivity index (χ4n) is 3.64. The summed E-state index contributed by atoms with van der Waals surface area (Å²) in [5.74, 6) is 1.03. The molecule has 1 aliphatic rings. The van der Waals surface area contributed by atoms with E-state index in [4.69, 9.17) is 26.1 Å². The average Bonchev–Trinajstić information content (AvgIpc) is 2.82. The van der Waals surface area contributed by atoms with Crippen LogP contribution in [0.4, 0.5) is 5.69 Å². The van der Waals surface area contributed by atoms with E-state index in [2.05, 4.69) is 5.32 Å². The van der Waals surface area contributed by atoms with E-state index in [9.17, 15) is 4.79 Å². The number of nitrogens with one attached hydrogen (secondary N) is 1. The maximum absolute atomic E-state index is 12.5. The van der Waals surface area contributed by atoms with Gasteiger partial charge in [-0.25, -0.2) is 0 Å². The van der Waals surface area contributed by atoms with Crippen LogP contribution >= 0.6 is 11.6 Å². The predicted molar refractivity (Wildman–Crippen MR) is 129 cm³/mol. The van der Waals surface area contributed by atoms with Crippen molar-refractivity contribution in [2.24, 2.45) is 4.99 Å². The van der Waals surface area contributed by atoms with Crippen LogP contribution < -0.4 is 14.8 Å². The monoisotopic (exact) mass is 446 g/mol. The van der Waals surface area contributed by atoms with Crippen molar-refractivity contribution in [2.75, 3.05) is 26.1 Å². The molecule has 0 aliphatic carbocycles. The molecule has 0 radical (unpaired) electrons. The molecule has 1 N–H and O–H groups in total. The van der Waals surface area contributed by atoms with E-state index in [1.54, 1.807) is 20.3 Å². The second-order valence-electron chi connectivity index (χ2n) is 7.30. The van der Waals surface area contributed by atoms with E-state index < -0.39 is 0 Å². The molecule has 1 amide bonds.